The Balaban J connectivity index is 1.86. The quantitative estimate of drug-likeness (QED) is 0.615. The molecule has 0 aromatic heterocycles. The summed E-state index contributed by atoms with van der Waals surface area (Å²) in [7, 11) is 1.47. The van der Waals surface area contributed by atoms with Crippen LogP contribution in [0.15, 0.2) is 35.9 Å². The van der Waals surface area contributed by atoms with Crippen molar-refractivity contribution in [3.8, 4) is 28.7 Å². The molecule has 4 rings (SSSR count). The van der Waals surface area contributed by atoms with Crippen LogP contribution in [0, 0.1) is 0 Å². The number of benzene rings is 2. The highest BCUT2D eigenvalue weighted by Gasteiger charge is 2.38. The molecule has 2 N–H and O–H groups in total. The maximum atomic E-state index is 13.2. The first-order chi connectivity index (χ1) is 15.1. The highest BCUT2D eigenvalue weighted by molar-refractivity contribution is 6.05. The third-order valence-electron chi connectivity index (χ3n) is 5.73. The number of hydrogen-bond donors (Lipinski definition) is 2. The van der Waals surface area contributed by atoms with Gasteiger partial charge in [-0.2, -0.15) is 0 Å². The maximum absolute atomic E-state index is 13.2. The van der Waals surface area contributed by atoms with E-state index in [0.29, 0.717) is 40.4 Å². The van der Waals surface area contributed by atoms with Gasteiger partial charge in [-0.1, -0.05) is 17.7 Å². The van der Waals surface area contributed by atoms with Crippen molar-refractivity contribution in [2.75, 3.05) is 7.11 Å². The molecule has 0 saturated carbocycles. The number of Topliss-reactive ketones (excluding diaryl/α,β-unsaturated/α-hetero) is 1. The van der Waals surface area contributed by atoms with Crippen molar-refractivity contribution in [3.05, 3.63) is 58.2 Å². The summed E-state index contributed by atoms with van der Waals surface area (Å²) >= 11 is 0. The van der Waals surface area contributed by atoms with Crippen LogP contribution in [-0.2, 0) is 6.42 Å². The second-order valence-corrected chi connectivity index (χ2v) is 8.96. The molecule has 0 aliphatic carbocycles. The van der Waals surface area contributed by atoms with Crippen LogP contribution in [0.5, 0.6) is 28.7 Å². The number of carbonyl (C=O) groups is 1. The molecular formula is C26H28O6. The van der Waals surface area contributed by atoms with Gasteiger partial charge in [-0.05, 0) is 64.0 Å². The number of phenolic OH excluding ortho intramolecular Hbond substituents is 2. The van der Waals surface area contributed by atoms with Gasteiger partial charge in [-0.3, -0.25) is 4.79 Å². The third kappa shape index (κ3) is 3.81. The molecule has 0 unspecified atom stereocenters. The van der Waals surface area contributed by atoms with Crippen LogP contribution < -0.4 is 14.2 Å². The summed E-state index contributed by atoms with van der Waals surface area (Å²) in [6, 6.07) is 4.87. The van der Waals surface area contributed by atoms with E-state index >= 15 is 0 Å². The van der Waals surface area contributed by atoms with E-state index in [4.69, 9.17) is 14.2 Å². The van der Waals surface area contributed by atoms with Gasteiger partial charge in [0.25, 0.3) is 0 Å². The average Bonchev–Trinajstić information content (AvgIpc) is 2.72. The molecule has 2 aromatic carbocycles. The second-order valence-electron chi connectivity index (χ2n) is 8.96. The highest BCUT2D eigenvalue weighted by Crippen LogP contribution is 2.51. The number of ether oxygens (including phenoxy) is 3. The largest absolute Gasteiger partial charge is 0.507 e. The Labute approximate surface area is 187 Å². The fourth-order valence-electron chi connectivity index (χ4n) is 4.03. The van der Waals surface area contributed by atoms with Gasteiger partial charge < -0.3 is 24.4 Å². The zero-order valence-electron chi connectivity index (χ0n) is 19.0. The second kappa shape index (κ2) is 7.93. The van der Waals surface area contributed by atoms with E-state index in [2.05, 4.69) is 0 Å². The molecule has 1 atom stereocenters. The van der Waals surface area contributed by atoms with Gasteiger partial charge in [0.1, 0.15) is 34.5 Å². The van der Waals surface area contributed by atoms with Gasteiger partial charge in [0, 0.05) is 5.56 Å². The number of methoxy groups -OCH3 is 1. The van der Waals surface area contributed by atoms with E-state index in [-0.39, 0.29) is 29.3 Å². The molecule has 168 valence electrons. The normalized spacial score (nSPS) is 18.2. The van der Waals surface area contributed by atoms with Crippen LogP contribution in [0.2, 0.25) is 0 Å². The number of aromatic hydroxyl groups is 2. The fraction of sp³-hybridized carbons (Fsp3) is 0.346. The summed E-state index contributed by atoms with van der Waals surface area (Å²) in [5.41, 5.74) is 2.66. The molecule has 2 aromatic rings. The van der Waals surface area contributed by atoms with Crippen LogP contribution >= 0.6 is 0 Å². The molecule has 0 bridgehead atoms. The van der Waals surface area contributed by atoms with Gasteiger partial charge in [-0.25, -0.2) is 0 Å². The van der Waals surface area contributed by atoms with E-state index in [1.165, 1.54) is 13.2 Å². The van der Waals surface area contributed by atoms with Crippen molar-refractivity contribution < 1.29 is 29.2 Å². The lowest BCUT2D eigenvalue weighted by Crippen LogP contribution is -2.30. The van der Waals surface area contributed by atoms with E-state index in [0.717, 1.165) is 5.57 Å². The Morgan fingerprint density at radius 1 is 1.25 bits per heavy atom. The molecule has 0 amide bonds. The summed E-state index contributed by atoms with van der Waals surface area (Å²) in [5, 5.41) is 21.0. The molecule has 2 aliphatic heterocycles. The SMILES string of the molecule is COc1cc([C@@H]2CC(=O)c3c(O)c(CC=C(C)C)c4c(c3O2)C=CC(C)(C)O4)ccc1O. The van der Waals surface area contributed by atoms with Gasteiger partial charge in [-0.15, -0.1) is 0 Å². The summed E-state index contributed by atoms with van der Waals surface area (Å²) < 4.78 is 17.7. The maximum Gasteiger partial charge on any atom is 0.174 e. The molecule has 0 fully saturated rings. The third-order valence-corrected chi connectivity index (χ3v) is 5.73. The predicted molar refractivity (Wildman–Crippen MR) is 122 cm³/mol. The molecular weight excluding hydrogens is 408 g/mol. The van der Waals surface area contributed by atoms with E-state index in [9.17, 15) is 15.0 Å². The topological polar surface area (TPSA) is 85.2 Å². The first-order valence-electron chi connectivity index (χ1n) is 10.6. The molecule has 0 radical (unpaired) electrons. The molecule has 6 heteroatoms. The van der Waals surface area contributed by atoms with Gasteiger partial charge in [0.05, 0.1) is 19.1 Å². The highest BCUT2D eigenvalue weighted by atomic mass is 16.5. The summed E-state index contributed by atoms with van der Waals surface area (Å²) in [6.45, 7) is 7.84. The Morgan fingerprint density at radius 2 is 2.00 bits per heavy atom. The lowest BCUT2D eigenvalue weighted by molar-refractivity contribution is 0.0840. The Bertz CT molecular complexity index is 1150. The minimum absolute atomic E-state index is 0.0105. The van der Waals surface area contributed by atoms with E-state index in [1.54, 1.807) is 12.1 Å². The minimum Gasteiger partial charge on any atom is -0.507 e. The number of ketones is 1. The van der Waals surface area contributed by atoms with Crippen molar-refractivity contribution in [1.82, 2.24) is 0 Å². The van der Waals surface area contributed by atoms with Gasteiger partial charge >= 0.3 is 0 Å². The molecule has 6 nitrogen and oxygen atoms in total. The zero-order chi connectivity index (χ0) is 23.2. The smallest absolute Gasteiger partial charge is 0.174 e. The minimum atomic E-state index is -0.583. The van der Waals surface area contributed by atoms with Crippen LogP contribution in [-0.4, -0.2) is 28.7 Å². The van der Waals surface area contributed by atoms with Crippen molar-refractivity contribution in [3.63, 3.8) is 0 Å². The van der Waals surface area contributed by atoms with E-state index in [1.807, 2.05) is 45.9 Å². The molecule has 0 spiro atoms. The molecule has 0 saturated heterocycles. The average molecular weight is 437 g/mol. The number of allylic oxidation sites excluding steroid dienone is 2. The number of rotatable bonds is 4. The van der Waals surface area contributed by atoms with Crippen molar-refractivity contribution in [2.45, 2.75) is 52.2 Å². The Hall–Kier alpha value is -3.41. The lowest BCUT2D eigenvalue weighted by Gasteiger charge is -2.34. The summed E-state index contributed by atoms with van der Waals surface area (Å²) in [5.74, 6) is 0.864. The Kier molecular flexibility index (Phi) is 5.41. The van der Waals surface area contributed by atoms with Gasteiger partial charge in [0.2, 0.25) is 0 Å². The predicted octanol–water partition coefficient (Wildman–Crippen LogP) is 5.51. The zero-order valence-corrected chi connectivity index (χ0v) is 19.0. The first-order valence-corrected chi connectivity index (χ1v) is 10.6. The summed E-state index contributed by atoms with van der Waals surface area (Å²) in [6.07, 6.45) is 5.73. The number of carbonyl (C=O) groups excluding carboxylic acids is 1. The van der Waals surface area contributed by atoms with Crippen molar-refractivity contribution >= 4 is 11.9 Å². The number of fused-ring (bicyclic) bond motifs is 3. The molecule has 2 aliphatic rings. The Morgan fingerprint density at radius 3 is 2.69 bits per heavy atom. The van der Waals surface area contributed by atoms with Crippen molar-refractivity contribution in [1.29, 1.82) is 0 Å². The van der Waals surface area contributed by atoms with Crippen LogP contribution in [0.1, 0.15) is 67.3 Å². The van der Waals surface area contributed by atoms with Crippen molar-refractivity contribution in [2.24, 2.45) is 0 Å². The summed E-state index contributed by atoms with van der Waals surface area (Å²) in [4.78, 5) is 13.2. The monoisotopic (exact) mass is 436 g/mol. The number of phenols is 2. The van der Waals surface area contributed by atoms with Gasteiger partial charge in [0.15, 0.2) is 17.3 Å². The van der Waals surface area contributed by atoms with Crippen LogP contribution in [0.4, 0.5) is 0 Å². The standard InChI is InChI=1S/C26H28O6/c1-14(2)6-8-16-23(29)22-19(28)13-20(15-7-9-18(27)21(12-15)30-5)31-25(22)17-10-11-26(3,4)32-24(16)17/h6-7,9-12,20,27,29H,8,13H2,1-5H3/t20-/m0/s1. The molecule has 32 heavy (non-hydrogen) atoms. The number of hydrogen-bond acceptors (Lipinski definition) is 6. The van der Waals surface area contributed by atoms with Crippen LogP contribution in [0.25, 0.3) is 6.08 Å². The first kappa shape index (κ1) is 21.8. The van der Waals surface area contributed by atoms with E-state index < -0.39 is 11.7 Å². The lowest BCUT2D eigenvalue weighted by atomic mass is 9.88. The fourth-order valence-corrected chi connectivity index (χ4v) is 4.03. The molecule has 2 heterocycles. The van der Waals surface area contributed by atoms with Crippen LogP contribution in [0.3, 0.4) is 0 Å².